The molecule has 8 heteroatoms. The van der Waals surface area contributed by atoms with Gasteiger partial charge in [0.15, 0.2) is 0 Å². The fraction of sp³-hybridized carbons (Fsp3) is 0.417. The van der Waals surface area contributed by atoms with Crippen LogP contribution in [-0.4, -0.2) is 31.5 Å². The Hall–Kier alpha value is -0.490. The van der Waals surface area contributed by atoms with Crippen LogP contribution in [0.5, 0.6) is 0 Å². The monoisotopic (exact) mass is 355 g/mol. The lowest BCUT2D eigenvalue weighted by Gasteiger charge is -2.17. The van der Waals surface area contributed by atoms with Gasteiger partial charge in [0.05, 0.1) is 15.8 Å². The van der Waals surface area contributed by atoms with Gasteiger partial charge in [-0.1, -0.05) is 35.3 Å². The molecule has 0 spiro atoms. The van der Waals surface area contributed by atoms with Gasteiger partial charge in [0.2, 0.25) is 15.0 Å². The van der Waals surface area contributed by atoms with Gasteiger partial charge in [-0.25, -0.2) is 8.42 Å². The molecule has 1 aliphatic rings. The van der Waals surface area contributed by atoms with Crippen LogP contribution in [0.15, 0.2) is 18.2 Å². The largest absolute Gasteiger partial charge is 0.338 e. The van der Waals surface area contributed by atoms with Crippen molar-refractivity contribution in [2.24, 2.45) is 5.92 Å². The Kier molecular flexibility index (Phi) is 4.84. The first-order valence-corrected chi connectivity index (χ1v) is 9.12. The second-order valence-electron chi connectivity index (χ2n) is 4.76. The van der Waals surface area contributed by atoms with Gasteiger partial charge in [0.1, 0.15) is 0 Å². The topological polar surface area (TPSA) is 54.5 Å². The zero-order valence-corrected chi connectivity index (χ0v) is 13.4. The van der Waals surface area contributed by atoms with E-state index < -0.39 is 9.05 Å². The molecule has 0 radical (unpaired) electrons. The van der Waals surface area contributed by atoms with Gasteiger partial charge >= 0.3 is 0 Å². The molecular weight excluding hydrogens is 345 g/mol. The van der Waals surface area contributed by atoms with Crippen molar-refractivity contribution in [3.8, 4) is 0 Å². The summed E-state index contributed by atoms with van der Waals surface area (Å²) in [5.74, 6) is -0.575. The molecule has 0 N–H and O–H groups in total. The van der Waals surface area contributed by atoms with E-state index in [4.69, 9.17) is 33.9 Å². The van der Waals surface area contributed by atoms with Crippen LogP contribution in [0.2, 0.25) is 10.0 Å². The van der Waals surface area contributed by atoms with E-state index in [9.17, 15) is 13.2 Å². The fourth-order valence-corrected chi connectivity index (χ4v) is 3.98. The molecule has 20 heavy (non-hydrogen) atoms. The predicted molar refractivity (Wildman–Crippen MR) is 79.6 cm³/mol. The molecule has 4 nitrogen and oxygen atoms in total. The Balaban J connectivity index is 2.07. The van der Waals surface area contributed by atoms with Crippen molar-refractivity contribution in [2.75, 3.05) is 12.3 Å². The summed E-state index contributed by atoms with van der Waals surface area (Å²) in [7, 11) is 1.62. The van der Waals surface area contributed by atoms with Gasteiger partial charge in [-0.05, 0) is 11.6 Å². The van der Waals surface area contributed by atoms with Crippen LogP contribution >= 0.6 is 33.9 Å². The smallest absolute Gasteiger partial charge is 0.232 e. The maximum Gasteiger partial charge on any atom is 0.232 e. The maximum atomic E-state index is 11.9. The zero-order chi connectivity index (χ0) is 14.9. The fourth-order valence-electron chi connectivity index (χ4n) is 2.28. The number of likely N-dealkylation sites (tertiary alicyclic amines) is 1. The molecule has 1 fully saturated rings. The predicted octanol–water partition coefficient (Wildman–Crippen LogP) is 2.91. The van der Waals surface area contributed by atoms with E-state index in [1.165, 1.54) is 0 Å². The van der Waals surface area contributed by atoms with Crippen molar-refractivity contribution in [2.45, 2.75) is 13.0 Å². The average Bonchev–Trinajstić information content (AvgIpc) is 2.63. The van der Waals surface area contributed by atoms with E-state index in [1.54, 1.807) is 23.1 Å². The maximum absolute atomic E-state index is 11.9. The zero-order valence-electron chi connectivity index (χ0n) is 10.4. The van der Waals surface area contributed by atoms with Crippen molar-refractivity contribution in [3.63, 3.8) is 0 Å². The molecule has 1 aliphatic heterocycles. The molecule has 1 amide bonds. The minimum absolute atomic E-state index is 0.105. The third-order valence-corrected chi connectivity index (χ3v) is 5.23. The standard InChI is InChI=1S/C12H12Cl3NO3S/c13-10-3-1-2-9(12(10)14)6-16-5-8(4-11(16)17)7-20(15,18)19/h1-3,8H,4-7H2. The van der Waals surface area contributed by atoms with E-state index in [0.717, 1.165) is 5.56 Å². The highest BCUT2D eigenvalue weighted by Crippen LogP contribution is 2.29. The molecule has 1 heterocycles. The summed E-state index contributed by atoms with van der Waals surface area (Å²) >= 11 is 12.0. The summed E-state index contributed by atoms with van der Waals surface area (Å²) in [6.07, 6.45) is 0.185. The number of halogens is 3. The number of carbonyl (C=O) groups excluding carboxylic acids is 1. The summed E-state index contributed by atoms with van der Waals surface area (Å²) in [4.78, 5) is 13.5. The molecule has 0 aliphatic carbocycles. The van der Waals surface area contributed by atoms with Gasteiger partial charge in [-0.3, -0.25) is 4.79 Å². The molecule has 0 aromatic heterocycles. The van der Waals surface area contributed by atoms with Crippen LogP contribution in [0, 0.1) is 5.92 Å². The lowest BCUT2D eigenvalue weighted by molar-refractivity contribution is -0.128. The van der Waals surface area contributed by atoms with Crippen molar-refractivity contribution >= 4 is 48.8 Å². The Morgan fingerprint density at radius 2 is 2.00 bits per heavy atom. The Morgan fingerprint density at radius 3 is 2.65 bits per heavy atom. The SMILES string of the molecule is O=C1CC(CS(=O)(=O)Cl)CN1Cc1cccc(Cl)c1Cl. The number of carbonyl (C=O) groups is 1. The molecule has 0 saturated carbocycles. The molecule has 1 atom stereocenters. The van der Waals surface area contributed by atoms with Gasteiger partial charge in [0.25, 0.3) is 0 Å². The van der Waals surface area contributed by atoms with Crippen molar-refractivity contribution < 1.29 is 13.2 Å². The Labute approximate surface area is 132 Å². The lowest BCUT2D eigenvalue weighted by Crippen LogP contribution is -2.25. The van der Waals surface area contributed by atoms with Crippen LogP contribution in [0.1, 0.15) is 12.0 Å². The van der Waals surface area contributed by atoms with Crippen molar-refractivity contribution in [1.29, 1.82) is 0 Å². The van der Waals surface area contributed by atoms with Gasteiger partial charge in [-0.15, -0.1) is 0 Å². The van der Waals surface area contributed by atoms with Crippen molar-refractivity contribution in [3.05, 3.63) is 33.8 Å². The van der Waals surface area contributed by atoms with Gasteiger partial charge in [0, 0.05) is 36.1 Å². The highest BCUT2D eigenvalue weighted by atomic mass is 35.7. The van der Waals surface area contributed by atoms with Crippen molar-refractivity contribution in [1.82, 2.24) is 4.90 Å². The summed E-state index contributed by atoms with van der Waals surface area (Å²) in [5, 5.41) is 0.839. The van der Waals surface area contributed by atoms with Gasteiger partial charge in [-0.2, -0.15) is 0 Å². The second-order valence-corrected chi connectivity index (χ2v) is 8.37. The first-order chi connectivity index (χ1) is 9.26. The number of benzene rings is 1. The molecule has 1 aromatic rings. The Bertz CT molecular complexity index is 633. The normalized spacial score (nSPS) is 19.6. The van der Waals surface area contributed by atoms with Crippen LogP contribution in [0.3, 0.4) is 0 Å². The second kappa shape index (κ2) is 6.10. The summed E-state index contributed by atoms with van der Waals surface area (Å²) < 4.78 is 22.1. The number of rotatable bonds is 4. The minimum atomic E-state index is -3.60. The quantitative estimate of drug-likeness (QED) is 0.779. The number of hydrogen-bond acceptors (Lipinski definition) is 3. The highest BCUT2D eigenvalue weighted by molar-refractivity contribution is 8.13. The van der Waals surface area contributed by atoms with E-state index in [2.05, 4.69) is 0 Å². The number of nitrogens with zero attached hydrogens (tertiary/aromatic N) is 1. The summed E-state index contributed by atoms with van der Waals surface area (Å²) in [6, 6.07) is 5.21. The molecule has 1 saturated heterocycles. The van der Waals surface area contributed by atoms with Crippen LogP contribution in [0.25, 0.3) is 0 Å². The van der Waals surface area contributed by atoms with E-state index >= 15 is 0 Å². The van der Waals surface area contributed by atoms with Gasteiger partial charge < -0.3 is 4.90 Å². The minimum Gasteiger partial charge on any atom is -0.338 e. The molecule has 1 unspecified atom stereocenters. The average molecular weight is 357 g/mol. The summed E-state index contributed by atoms with van der Waals surface area (Å²) in [6.45, 7) is 0.671. The molecule has 1 aromatic carbocycles. The van der Waals surface area contributed by atoms with E-state index in [1.807, 2.05) is 0 Å². The number of hydrogen-bond donors (Lipinski definition) is 0. The first-order valence-electron chi connectivity index (χ1n) is 5.89. The molecule has 2 rings (SSSR count). The molecule has 0 bridgehead atoms. The number of amides is 1. The molecule has 110 valence electrons. The first kappa shape index (κ1) is 15.9. The van der Waals surface area contributed by atoms with E-state index in [-0.39, 0.29) is 24.0 Å². The lowest BCUT2D eigenvalue weighted by atomic mass is 10.1. The van der Waals surface area contributed by atoms with Crippen LogP contribution in [0.4, 0.5) is 0 Å². The summed E-state index contributed by atoms with van der Waals surface area (Å²) in [5.41, 5.74) is 0.738. The third kappa shape index (κ3) is 4.01. The third-order valence-electron chi connectivity index (χ3n) is 3.12. The van der Waals surface area contributed by atoms with Crippen LogP contribution in [-0.2, 0) is 20.4 Å². The Morgan fingerprint density at radius 1 is 1.30 bits per heavy atom. The van der Waals surface area contributed by atoms with Crippen LogP contribution < -0.4 is 0 Å². The molecular formula is C12H12Cl3NO3S. The highest BCUT2D eigenvalue weighted by Gasteiger charge is 2.32. The van der Waals surface area contributed by atoms with E-state index in [0.29, 0.717) is 23.1 Å².